The average Bonchev–Trinajstić information content (AvgIpc) is 3.32. The maximum atomic E-state index is 11.0. The smallest absolute Gasteiger partial charge is 0.328 e. The number of ether oxygens (including phenoxy) is 1. The summed E-state index contributed by atoms with van der Waals surface area (Å²) in [4.78, 5) is 26.2. The number of rotatable bonds is 8. The van der Waals surface area contributed by atoms with Crippen molar-refractivity contribution in [2.24, 2.45) is 5.92 Å². The van der Waals surface area contributed by atoms with E-state index in [4.69, 9.17) is 26.1 Å². The molecule has 1 aliphatic carbocycles. The highest BCUT2D eigenvalue weighted by Gasteiger charge is 2.46. The second kappa shape index (κ2) is 8.24. The molecule has 13 nitrogen and oxygen atoms in total. The highest BCUT2D eigenvalue weighted by molar-refractivity contribution is 7.51. The van der Waals surface area contributed by atoms with Crippen molar-refractivity contribution in [1.82, 2.24) is 25.0 Å². The van der Waals surface area contributed by atoms with E-state index in [1.807, 2.05) is 0 Å². The molecule has 0 aromatic carbocycles. The molecule has 4 rings (SSSR count). The summed E-state index contributed by atoms with van der Waals surface area (Å²) in [5, 5.41) is 41.7. The lowest BCUT2D eigenvalue weighted by molar-refractivity contribution is -0.0538. The Morgan fingerprint density at radius 2 is 2.00 bits per heavy atom. The molecule has 0 spiro atoms. The zero-order valence-electron chi connectivity index (χ0n) is 15.6. The summed E-state index contributed by atoms with van der Waals surface area (Å²) >= 11 is 6.02. The van der Waals surface area contributed by atoms with E-state index in [-0.39, 0.29) is 17.4 Å². The Labute approximate surface area is 175 Å². The highest BCUT2D eigenvalue weighted by atomic mass is 35.5. The quantitative estimate of drug-likeness (QED) is 0.211. The second-order valence-corrected chi connectivity index (χ2v) is 9.69. The van der Waals surface area contributed by atoms with Crippen molar-refractivity contribution in [2.45, 2.75) is 49.9 Å². The summed E-state index contributed by atoms with van der Waals surface area (Å²) in [6.07, 6.45) is -5.39. The van der Waals surface area contributed by atoms with E-state index in [0.717, 1.165) is 17.5 Å². The number of aliphatic hydroxyl groups excluding tert-OH is 3. The molecule has 2 aromatic rings. The predicted octanol–water partition coefficient (Wildman–Crippen LogP) is -0.756. The highest BCUT2D eigenvalue weighted by Crippen LogP contribution is 2.38. The maximum Gasteiger partial charge on any atom is 0.328 e. The number of aromatic nitrogens is 5. The first kappa shape index (κ1) is 21.8. The van der Waals surface area contributed by atoms with Crippen LogP contribution in [0.1, 0.15) is 25.5 Å². The number of halogens is 1. The Hall–Kier alpha value is -1.44. The summed E-state index contributed by atoms with van der Waals surface area (Å²) in [6.45, 7) is 0.704. The third-order valence-electron chi connectivity index (χ3n) is 5.08. The van der Waals surface area contributed by atoms with Gasteiger partial charge in [0.2, 0.25) is 5.28 Å². The van der Waals surface area contributed by atoms with Gasteiger partial charge in [-0.05, 0) is 30.4 Å². The first-order chi connectivity index (χ1) is 14.1. The molecular formula is C15H22ClN6O7P. The lowest BCUT2D eigenvalue weighted by atomic mass is 10.1. The zero-order chi connectivity index (χ0) is 21.6. The van der Waals surface area contributed by atoms with E-state index < -0.39 is 44.4 Å². The van der Waals surface area contributed by atoms with Crippen molar-refractivity contribution >= 4 is 36.2 Å². The number of nitrogens with zero attached hydrogens (tertiary/aromatic N) is 5. The SMILES string of the molecule is O=P(O)(O)CC(O)C[C@H]1O[C@@H](n2nnc3c(NCC4CC4)nc(Cl)nc32)[C@H](O)[C@@H]1O. The summed E-state index contributed by atoms with van der Waals surface area (Å²) < 4.78 is 17.8. The summed E-state index contributed by atoms with van der Waals surface area (Å²) in [6, 6.07) is 0. The fraction of sp³-hybridized carbons (Fsp3) is 0.733. The molecule has 0 amide bonds. The molecule has 1 aliphatic heterocycles. The number of hydrogen-bond acceptors (Lipinski definition) is 10. The van der Waals surface area contributed by atoms with Crippen molar-refractivity contribution in [3.8, 4) is 0 Å². The molecule has 1 unspecified atom stereocenters. The van der Waals surface area contributed by atoms with Crippen LogP contribution in [0.25, 0.3) is 11.2 Å². The van der Waals surface area contributed by atoms with Crippen LogP contribution in [-0.4, -0.2) is 87.2 Å². The van der Waals surface area contributed by atoms with Gasteiger partial charge in [0.1, 0.15) is 12.2 Å². The minimum Gasteiger partial charge on any atom is -0.392 e. The Kier molecular flexibility index (Phi) is 5.99. The molecule has 1 saturated carbocycles. The molecular weight excluding hydrogens is 443 g/mol. The van der Waals surface area contributed by atoms with Gasteiger partial charge in [-0.3, -0.25) is 4.57 Å². The van der Waals surface area contributed by atoms with Crippen LogP contribution >= 0.6 is 19.2 Å². The molecule has 6 N–H and O–H groups in total. The van der Waals surface area contributed by atoms with Crippen molar-refractivity contribution in [3.05, 3.63) is 5.28 Å². The molecule has 0 bridgehead atoms. The van der Waals surface area contributed by atoms with Crippen LogP contribution < -0.4 is 5.32 Å². The Morgan fingerprint density at radius 3 is 2.67 bits per heavy atom. The Morgan fingerprint density at radius 1 is 1.27 bits per heavy atom. The summed E-state index contributed by atoms with van der Waals surface area (Å²) in [5.41, 5.74) is 0.497. The van der Waals surface area contributed by atoms with Crippen LogP contribution in [0.3, 0.4) is 0 Å². The third kappa shape index (κ3) is 4.73. The van der Waals surface area contributed by atoms with E-state index in [1.165, 1.54) is 0 Å². The largest absolute Gasteiger partial charge is 0.392 e. The van der Waals surface area contributed by atoms with Crippen LogP contribution in [0.2, 0.25) is 5.28 Å². The van der Waals surface area contributed by atoms with Gasteiger partial charge in [0, 0.05) is 13.0 Å². The van der Waals surface area contributed by atoms with Crippen LogP contribution in [-0.2, 0) is 9.30 Å². The van der Waals surface area contributed by atoms with Gasteiger partial charge < -0.3 is 35.2 Å². The van der Waals surface area contributed by atoms with Crippen LogP contribution in [0.5, 0.6) is 0 Å². The fourth-order valence-corrected chi connectivity index (χ4v) is 4.27. The third-order valence-corrected chi connectivity index (χ3v) is 6.15. The van der Waals surface area contributed by atoms with Gasteiger partial charge in [-0.25, -0.2) is 0 Å². The summed E-state index contributed by atoms with van der Waals surface area (Å²) in [7, 11) is -4.45. The van der Waals surface area contributed by atoms with Crippen molar-refractivity contribution in [2.75, 3.05) is 18.0 Å². The number of nitrogens with one attached hydrogen (secondary N) is 1. The molecule has 2 aliphatic rings. The molecule has 1 saturated heterocycles. The minimum absolute atomic E-state index is 0.0639. The second-order valence-electron chi connectivity index (χ2n) is 7.65. The van der Waals surface area contributed by atoms with Crippen LogP contribution in [0, 0.1) is 5.92 Å². The molecule has 166 valence electrons. The lowest BCUT2D eigenvalue weighted by Gasteiger charge is -2.18. The number of hydrogen-bond donors (Lipinski definition) is 6. The normalized spacial score (nSPS) is 28.2. The molecule has 3 heterocycles. The molecule has 30 heavy (non-hydrogen) atoms. The zero-order valence-corrected chi connectivity index (χ0v) is 17.3. The molecule has 2 aromatic heterocycles. The van der Waals surface area contributed by atoms with Gasteiger partial charge in [-0.15, -0.1) is 5.10 Å². The average molecular weight is 465 g/mol. The van der Waals surface area contributed by atoms with Crippen LogP contribution in [0.15, 0.2) is 0 Å². The van der Waals surface area contributed by atoms with Crippen molar-refractivity contribution in [3.63, 3.8) is 0 Å². The van der Waals surface area contributed by atoms with Gasteiger partial charge in [0.25, 0.3) is 0 Å². The first-order valence-corrected chi connectivity index (χ1v) is 11.6. The molecule has 15 heteroatoms. The fourth-order valence-electron chi connectivity index (χ4n) is 3.40. The predicted molar refractivity (Wildman–Crippen MR) is 103 cm³/mol. The van der Waals surface area contributed by atoms with Gasteiger partial charge in [0.15, 0.2) is 23.2 Å². The van der Waals surface area contributed by atoms with Crippen LogP contribution in [0.4, 0.5) is 5.82 Å². The minimum atomic E-state index is -4.45. The number of anilines is 1. The van der Waals surface area contributed by atoms with Crippen molar-refractivity contribution < 1.29 is 34.4 Å². The number of fused-ring (bicyclic) bond motifs is 1. The van der Waals surface area contributed by atoms with E-state index in [0.29, 0.717) is 23.8 Å². The standard InChI is InChI=1S/C15H22ClN6O7P/c16-15-18-12(17-4-6-1-2-6)9-13(19-15)22(21-20-9)14-11(25)10(24)8(29-14)3-7(23)5-30(26,27)28/h6-8,10-11,14,23-25H,1-5H2,(H,17,18,19)(H2,26,27,28)/t7?,8-,10-,11-,14-/m1/s1. The van der Waals surface area contributed by atoms with Gasteiger partial charge >= 0.3 is 7.60 Å². The topological polar surface area (TPSA) is 196 Å². The van der Waals surface area contributed by atoms with Gasteiger partial charge in [-0.1, -0.05) is 5.21 Å². The first-order valence-electron chi connectivity index (χ1n) is 9.39. The number of aliphatic hydroxyl groups is 3. The molecule has 0 radical (unpaired) electrons. The Balaban J connectivity index is 1.55. The summed E-state index contributed by atoms with van der Waals surface area (Å²) in [5.74, 6) is 0.962. The molecule has 2 fully saturated rings. The lowest BCUT2D eigenvalue weighted by Crippen LogP contribution is -2.34. The van der Waals surface area contributed by atoms with Crippen molar-refractivity contribution in [1.29, 1.82) is 0 Å². The molecule has 5 atom stereocenters. The van der Waals surface area contributed by atoms with E-state index in [2.05, 4.69) is 25.6 Å². The van der Waals surface area contributed by atoms with Gasteiger partial charge in [-0.2, -0.15) is 14.6 Å². The monoisotopic (exact) mass is 464 g/mol. The van der Waals surface area contributed by atoms with E-state index in [9.17, 15) is 19.9 Å². The van der Waals surface area contributed by atoms with Gasteiger partial charge in [0.05, 0.1) is 18.4 Å². The van der Waals surface area contributed by atoms with E-state index >= 15 is 0 Å². The Bertz CT molecular complexity index is 968. The maximum absolute atomic E-state index is 11.0. The van der Waals surface area contributed by atoms with E-state index in [1.54, 1.807) is 0 Å².